The zero-order valence-electron chi connectivity index (χ0n) is 26.4. The summed E-state index contributed by atoms with van der Waals surface area (Å²) in [6.07, 6.45) is 2.17. The van der Waals surface area contributed by atoms with Gasteiger partial charge in [-0.1, -0.05) is 140 Å². The molecule has 0 saturated carbocycles. The molecule has 0 fully saturated rings. The number of nitrogens with zero attached hydrogens (tertiary/aromatic N) is 2. The van der Waals surface area contributed by atoms with Crippen LogP contribution in [0.15, 0.2) is 158 Å². The van der Waals surface area contributed by atoms with Crippen molar-refractivity contribution in [2.24, 2.45) is 0 Å². The van der Waals surface area contributed by atoms with Gasteiger partial charge in [-0.15, -0.1) is 0 Å². The Kier molecular flexibility index (Phi) is 4.74. The lowest BCUT2D eigenvalue weighted by atomic mass is 9.84. The molecular formula is C47H26N2. The summed E-state index contributed by atoms with van der Waals surface area (Å²) < 4.78 is 2.30. The lowest BCUT2D eigenvalue weighted by Gasteiger charge is -2.19. The number of benzene rings is 10. The highest BCUT2D eigenvalue weighted by Gasteiger charge is 2.24. The van der Waals surface area contributed by atoms with Gasteiger partial charge in [0.15, 0.2) is 0 Å². The van der Waals surface area contributed by atoms with Crippen molar-refractivity contribution in [2.45, 2.75) is 0 Å². The monoisotopic (exact) mass is 618 g/mol. The van der Waals surface area contributed by atoms with Gasteiger partial charge in [0.1, 0.15) is 5.65 Å². The molecule has 0 spiro atoms. The van der Waals surface area contributed by atoms with Crippen molar-refractivity contribution in [3.63, 3.8) is 0 Å². The maximum Gasteiger partial charge on any atom is 0.137 e. The molecule has 0 amide bonds. The maximum absolute atomic E-state index is 5.46. The topological polar surface area (TPSA) is 17.3 Å². The molecule has 0 saturated heterocycles. The summed E-state index contributed by atoms with van der Waals surface area (Å²) in [5.74, 6) is 0. The Balaban J connectivity index is 1.29. The smallest absolute Gasteiger partial charge is 0.137 e. The third kappa shape index (κ3) is 3.23. The van der Waals surface area contributed by atoms with Crippen LogP contribution in [0.25, 0.3) is 114 Å². The van der Waals surface area contributed by atoms with Crippen LogP contribution in [0.5, 0.6) is 0 Å². The van der Waals surface area contributed by atoms with Crippen LogP contribution in [0, 0.1) is 0 Å². The number of fused-ring (bicyclic) bond motifs is 4. The summed E-state index contributed by atoms with van der Waals surface area (Å²) >= 11 is 0. The molecule has 12 aromatic rings. The van der Waals surface area contributed by atoms with E-state index < -0.39 is 0 Å². The van der Waals surface area contributed by atoms with Crippen LogP contribution < -0.4 is 0 Å². The van der Waals surface area contributed by atoms with E-state index in [0.717, 1.165) is 16.7 Å². The second-order valence-electron chi connectivity index (χ2n) is 13.5. The van der Waals surface area contributed by atoms with Crippen molar-refractivity contribution in [3.8, 4) is 22.3 Å². The van der Waals surface area contributed by atoms with Crippen LogP contribution in [0.3, 0.4) is 0 Å². The number of aromatic nitrogens is 2. The molecule has 2 heteroatoms. The number of rotatable bonds is 2. The Hall–Kier alpha value is -6.51. The maximum atomic E-state index is 5.46. The highest BCUT2D eigenvalue weighted by molar-refractivity contribution is 6.31. The molecule has 0 aliphatic rings. The highest BCUT2D eigenvalue weighted by Crippen LogP contribution is 2.49. The fraction of sp³-hybridized carbons (Fsp3) is 0. The van der Waals surface area contributed by atoms with Gasteiger partial charge in [0.25, 0.3) is 0 Å². The average Bonchev–Trinajstić information content (AvgIpc) is 3.54. The summed E-state index contributed by atoms with van der Waals surface area (Å²) in [5.41, 5.74) is 7.99. The summed E-state index contributed by atoms with van der Waals surface area (Å²) in [5, 5.41) is 18.0. The number of hydrogen-bond acceptors (Lipinski definition) is 1. The Morgan fingerprint density at radius 3 is 1.41 bits per heavy atom. The van der Waals surface area contributed by atoms with E-state index in [9.17, 15) is 0 Å². The molecule has 49 heavy (non-hydrogen) atoms. The number of hydrogen-bond donors (Lipinski definition) is 0. The molecule has 0 atom stereocenters. The largest absolute Gasteiger partial charge is 0.299 e. The summed E-state index contributed by atoms with van der Waals surface area (Å²) in [7, 11) is 0. The summed E-state index contributed by atoms with van der Waals surface area (Å²) in [6.45, 7) is 0. The van der Waals surface area contributed by atoms with Crippen molar-refractivity contribution in [1.82, 2.24) is 9.38 Å². The molecule has 0 aliphatic carbocycles. The van der Waals surface area contributed by atoms with Crippen LogP contribution in [0.4, 0.5) is 0 Å². The van der Waals surface area contributed by atoms with Crippen LogP contribution in [-0.4, -0.2) is 9.38 Å². The van der Waals surface area contributed by atoms with Crippen LogP contribution >= 0.6 is 0 Å². The van der Waals surface area contributed by atoms with Crippen LogP contribution in [0.1, 0.15) is 0 Å². The van der Waals surface area contributed by atoms with Gasteiger partial charge in [0.05, 0.1) is 11.0 Å². The van der Waals surface area contributed by atoms with Crippen molar-refractivity contribution < 1.29 is 0 Å². The molecule has 2 aromatic heterocycles. The van der Waals surface area contributed by atoms with Gasteiger partial charge >= 0.3 is 0 Å². The molecule has 2 heterocycles. The van der Waals surface area contributed by atoms with Crippen molar-refractivity contribution in [2.75, 3.05) is 0 Å². The van der Waals surface area contributed by atoms with Gasteiger partial charge in [0.2, 0.25) is 0 Å². The van der Waals surface area contributed by atoms with Crippen molar-refractivity contribution in [1.29, 1.82) is 0 Å². The minimum Gasteiger partial charge on any atom is -0.299 e. The minimum atomic E-state index is 0.950. The first-order chi connectivity index (χ1) is 24.3. The Morgan fingerprint density at radius 1 is 0.347 bits per heavy atom. The molecule has 12 rings (SSSR count). The molecule has 10 aromatic carbocycles. The van der Waals surface area contributed by atoms with E-state index in [2.05, 4.69) is 162 Å². The van der Waals surface area contributed by atoms with Crippen molar-refractivity contribution in [3.05, 3.63) is 158 Å². The van der Waals surface area contributed by atoms with Crippen molar-refractivity contribution >= 4 is 92.1 Å². The van der Waals surface area contributed by atoms with E-state index in [1.807, 2.05) is 0 Å². The van der Waals surface area contributed by atoms with E-state index in [1.54, 1.807) is 0 Å². The van der Waals surface area contributed by atoms with Gasteiger partial charge in [-0.2, -0.15) is 0 Å². The summed E-state index contributed by atoms with van der Waals surface area (Å²) in [6, 6.07) is 56.1. The number of imidazole rings is 1. The summed E-state index contributed by atoms with van der Waals surface area (Å²) in [4.78, 5) is 5.46. The van der Waals surface area contributed by atoms with Crippen LogP contribution in [-0.2, 0) is 0 Å². The second kappa shape index (κ2) is 9.09. The Labute approximate surface area is 280 Å². The highest BCUT2D eigenvalue weighted by atomic mass is 15.0. The first-order valence-electron chi connectivity index (χ1n) is 17.0. The normalized spacial score (nSPS) is 12.5. The quantitative estimate of drug-likeness (QED) is 0.176. The number of pyridine rings is 1. The SMILES string of the molecule is c1cc2ccc3ccc(-c4c5ccccc5c(-c5ccc6ccc7cccc8ccc5c6c78)c5c4nc4ccccn45)c4ccc(c1)c2c34. The first-order valence-corrected chi connectivity index (χ1v) is 17.0. The second-order valence-corrected chi connectivity index (χ2v) is 13.5. The molecule has 0 aliphatic heterocycles. The minimum absolute atomic E-state index is 0.950. The van der Waals surface area contributed by atoms with Gasteiger partial charge in [-0.25, -0.2) is 4.98 Å². The standard InChI is InChI=1S/C47H26N2/c1-2-12-34-33(11-1)44(37-24-20-31-16-14-27-7-5-9-29-18-22-35(37)42(31)40(27)29)46-47(49-26-4-3-13-39(49)48-46)45(34)38-25-21-32-17-15-28-8-6-10-30-19-23-36(38)43(32)41(28)30/h1-26H. The molecule has 2 nitrogen and oxygen atoms in total. The van der Waals surface area contributed by atoms with E-state index in [4.69, 9.17) is 4.98 Å². The molecule has 0 unspecified atom stereocenters. The zero-order valence-corrected chi connectivity index (χ0v) is 26.4. The van der Waals surface area contributed by atoms with Gasteiger partial charge in [-0.05, 0) is 98.7 Å². The predicted octanol–water partition coefficient (Wildman–Crippen LogP) is 12.8. The first kappa shape index (κ1) is 25.6. The molecule has 0 bridgehead atoms. The molecule has 0 radical (unpaired) electrons. The van der Waals surface area contributed by atoms with Gasteiger partial charge < -0.3 is 0 Å². The van der Waals surface area contributed by atoms with Gasteiger partial charge in [0, 0.05) is 17.3 Å². The van der Waals surface area contributed by atoms with E-state index in [-0.39, 0.29) is 0 Å². The fourth-order valence-electron chi connectivity index (χ4n) is 9.04. The molecule has 224 valence electrons. The van der Waals surface area contributed by atoms with Crippen LogP contribution in [0.2, 0.25) is 0 Å². The molecular weight excluding hydrogens is 593 g/mol. The Morgan fingerprint density at radius 2 is 0.816 bits per heavy atom. The van der Waals surface area contributed by atoms with E-state index in [0.29, 0.717) is 0 Å². The lowest BCUT2D eigenvalue weighted by Crippen LogP contribution is -1.95. The van der Waals surface area contributed by atoms with E-state index in [1.165, 1.54) is 97.7 Å². The van der Waals surface area contributed by atoms with Gasteiger partial charge in [-0.3, -0.25) is 4.40 Å². The third-order valence-corrected chi connectivity index (χ3v) is 11.1. The fourth-order valence-corrected chi connectivity index (χ4v) is 9.04. The zero-order chi connectivity index (χ0) is 31.8. The Bertz CT molecular complexity index is 3300. The average molecular weight is 619 g/mol. The predicted molar refractivity (Wildman–Crippen MR) is 208 cm³/mol. The third-order valence-electron chi connectivity index (χ3n) is 11.1. The lowest BCUT2D eigenvalue weighted by molar-refractivity contribution is 1.23. The van der Waals surface area contributed by atoms with E-state index >= 15 is 0 Å². The molecule has 0 N–H and O–H groups in total.